The first kappa shape index (κ1) is 36.6. The van der Waals surface area contributed by atoms with E-state index >= 15 is 0 Å². The SMILES string of the molecule is C=C[C@H]1CN2CC[C@H]1C[C@H]2[C@H](OC(=O)c1ccccc1-c1cc(OCCCCCCCCCC)ccc1-c1ccccc1)c1ccnc2ccccc12. The van der Waals surface area contributed by atoms with Crippen molar-refractivity contribution in [3.05, 3.63) is 133 Å². The molecule has 1 aromatic heterocycles. The number of fused-ring (bicyclic) bond motifs is 4. The molecule has 2 bridgehead atoms. The number of ether oxygens (including phenoxy) is 2. The Hall–Kier alpha value is -4.74. The van der Waals surface area contributed by atoms with Crippen LogP contribution in [0.2, 0.25) is 0 Å². The molecule has 5 heteroatoms. The molecule has 0 aliphatic carbocycles. The van der Waals surface area contributed by atoms with Crippen molar-refractivity contribution in [3.8, 4) is 28.0 Å². The zero-order valence-electron chi connectivity index (χ0n) is 31.3. The Balaban J connectivity index is 1.18. The molecule has 5 atom stereocenters. The van der Waals surface area contributed by atoms with E-state index < -0.39 is 6.10 Å². The number of piperidine rings is 3. The van der Waals surface area contributed by atoms with Crippen molar-refractivity contribution in [2.45, 2.75) is 83.3 Å². The highest BCUT2D eigenvalue weighted by molar-refractivity contribution is 6.00. The number of pyridine rings is 1. The molecule has 5 nitrogen and oxygen atoms in total. The molecule has 1 unspecified atom stereocenters. The third-order valence-corrected chi connectivity index (χ3v) is 11.5. The summed E-state index contributed by atoms with van der Waals surface area (Å²) in [6.45, 7) is 9.03. The topological polar surface area (TPSA) is 51.7 Å². The van der Waals surface area contributed by atoms with Gasteiger partial charge >= 0.3 is 5.97 Å². The molecule has 3 aliphatic rings. The number of carbonyl (C=O) groups excluding carboxylic acids is 1. The molecule has 0 amide bonds. The molecule has 274 valence electrons. The highest BCUT2D eigenvalue weighted by atomic mass is 16.5. The number of unbranched alkanes of at least 4 members (excludes halogenated alkanes) is 7. The van der Waals surface area contributed by atoms with Crippen LogP contribution in [-0.2, 0) is 4.74 Å². The number of aromatic nitrogens is 1. The Morgan fingerprint density at radius 1 is 0.849 bits per heavy atom. The fourth-order valence-corrected chi connectivity index (χ4v) is 8.61. The standard InChI is InChI=1S/C48H54N2O3/c1-3-5-6-7-8-9-10-18-31-52-38-25-26-39(36-19-12-11-13-20-36)44(33-38)40-21-14-15-23-43(40)48(51)53-47(42-27-29-49-45-24-17-16-22-41(42)45)46-32-37-28-30-50(46)34-35(37)4-2/h4,11-17,19-27,29,33,35,37,46-47H,2-3,5-10,18,28,30-32,34H2,1H3/t35-,37-,46-,47+/m0/s1. The van der Waals surface area contributed by atoms with Crippen LogP contribution in [0.3, 0.4) is 0 Å². The van der Waals surface area contributed by atoms with Gasteiger partial charge in [0.25, 0.3) is 0 Å². The van der Waals surface area contributed by atoms with Gasteiger partial charge in [0, 0.05) is 23.7 Å². The Labute approximate surface area is 316 Å². The van der Waals surface area contributed by atoms with Crippen molar-refractivity contribution >= 4 is 16.9 Å². The lowest BCUT2D eigenvalue weighted by atomic mass is 9.73. The van der Waals surface area contributed by atoms with Crippen molar-refractivity contribution in [3.63, 3.8) is 0 Å². The Morgan fingerprint density at radius 3 is 2.40 bits per heavy atom. The molecule has 3 fully saturated rings. The van der Waals surface area contributed by atoms with E-state index in [1.54, 1.807) is 0 Å². The maximum atomic E-state index is 14.7. The van der Waals surface area contributed by atoms with Crippen LogP contribution in [0.15, 0.2) is 122 Å². The van der Waals surface area contributed by atoms with Crippen LogP contribution in [0, 0.1) is 11.8 Å². The van der Waals surface area contributed by atoms with E-state index in [-0.39, 0.29) is 12.0 Å². The first-order valence-electron chi connectivity index (χ1n) is 20.0. The van der Waals surface area contributed by atoms with Crippen LogP contribution in [0.25, 0.3) is 33.2 Å². The van der Waals surface area contributed by atoms with E-state index in [0.717, 1.165) is 76.8 Å². The van der Waals surface area contributed by atoms with Gasteiger partial charge in [0.15, 0.2) is 0 Å². The molecule has 8 rings (SSSR count). The van der Waals surface area contributed by atoms with Crippen molar-refractivity contribution < 1.29 is 14.3 Å². The van der Waals surface area contributed by atoms with Gasteiger partial charge in [-0.15, -0.1) is 6.58 Å². The molecule has 3 saturated heterocycles. The minimum atomic E-state index is -0.452. The van der Waals surface area contributed by atoms with E-state index in [1.165, 1.54) is 44.9 Å². The van der Waals surface area contributed by atoms with E-state index in [1.807, 2.05) is 60.8 Å². The molecular weight excluding hydrogens is 653 g/mol. The summed E-state index contributed by atoms with van der Waals surface area (Å²) in [4.78, 5) is 21.9. The van der Waals surface area contributed by atoms with Crippen LogP contribution in [0.1, 0.15) is 93.2 Å². The smallest absolute Gasteiger partial charge is 0.339 e. The van der Waals surface area contributed by atoms with Crippen molar-refractivity contribution in [2.24, 2.45) is 11.8 Å². The fraction of sp³-hybridized carbons (Fsp3) is 0.375. The summed E-state index contributed by atoms with van der Waals surface area (Å²) in [6.07, 6.45) is 15.7. The second-order valence-electron chi connectivity index (χ2n) is 14.9. The summed E-state index contributed by atoms with van der Waals surface area (Å²) >= 11 is 0. The second kappa shape index (κ2) is 17.9. The van der Waals surface area contributed by atoms with Gasteiger partial charge in [0.1, 0.15) is 11.9 Å². The molecule has 4 aromatic carbocycles. The normalized spacial score (nSPS) is 19.9. The molecule has 0 N–H and O–H groups in total. The molecule has 3 aliphatic heterocycles. The minimum Gasteiger partial charge on any atom is -0.494 e. The lowest BCUT2D eigenvalue weighted by molar-refractivity contribution is -0.0567. The Morgan fingerprint density at radius 2 is 1.60 bits per heavy atom. The number of benzene rings is 4. The summed E-state index contributed by atoms with van der Waals surface area (Å²) in [5.74, 6) is 1.49. The molecule has 5 aromatic rings. The van der Waals surface area contributed by atoms with Crippen molar-refractivity contribution in [1.29, 1.82) is 0 Å². The molecule has 53 heavy (non-hydrogen) atoms. The molecule has 0 radical (unpaired) electrons. The monoisotopic (exact) mass is 706 g/mol. The number of para-hydroxylation sites is 1. The zero-order valence-corrected chi connectivity index (χ0v) is 31.3. The summed E-state index contributed by atoms with van der Waals surface area (Å²) in [7, 11) is 0. The quantitative estimate of drug-likeness (QED) is 0.0547. The average molecular weight is 707 g/mol. The fourth-order valence-electron chi connectivity index (χ4n) is 8.61. The van der Waals surface area contributed by atoms with Gasteiger partial charge in [-0.3, -0.25) is 9.88 Å². The average Bonchev–Trinajstić information content (AvgIpc) is 3.22. The van der Waals surface area contributed by atoms with Crippen LogP contribution in [-0.4, -0.2) is 41.6 Å². The van der Waals surface area contributed by atoms with Gasteiger partial charge in [-0.2, -0.15) is 0 Å². The lowest BCUT2D eigenvalue weighted by Gasteiger charge is -2.51. The van der Waals surface area contributed by atoms with E-state index in [0.29, 0.717) is 24.0 Å². The number of carbonyl (C=O) groups is 1. The first-order valence-corrected chi connectivity index (χ1v) is 20.0. The minimum absolute atomic E-state index is 0.0693. The van der Waals surface area contributed by atoms with Crippen molar-refractivity contribution in [2.75, 3.05) is 19.7 Å². The van der Waals surface area contributed by atoms with Crippen molar-refractivity contribution in [1.82, 2.24) is 9.88 Å². The number of nitrogens with zero attached hydrogens (tertiary/aromatic N) is 2. The number of hydrogen-bond acceptors (Lipinski definition) is 5. The second-order valence-corrected chi connectivity index (χ2v) is 14.9. The number of esters is 1. The van der Waals surface area contributed by atoms with Gasteiger partial charge < -0.3 is 9.47 Å². The van der Waals surface area contributed by atoms with Gasteiger partial charge in [-0.1, -0.05) is 131 Å². The van der Waals surface area contributed by atoms with Crippen LogP contribution >= 0.6 is 0 Å². The maximum Gasteiger partial charge on any atom is 0.339 e. The van der Waals surface area contributed by atoms with E-state index in [9.17, 15) is 4.79 Å². The maximum absolute atomic E-state index is 14.7. The summed E-state index contributed by atoms with van der Waals surface area (Å²) < 4.78 is 13.2. The predicted octanol–water partition coefficient (Wildman–Crippen LogP) is 11.9. The van der Waals surface area contributed by atoms with Crippen LogP contribution < -0.4 is 4.74 Å². The van der Waals surface area contributed by atoms with E-state index in [4.69, 9.17) is 9.47 Å². The Kier molecular flexibility index (Phi) is 12.3. The molecule has 4 heterocycles. The van der Waals surface area contributed by atoms with Crippen LogP contribution in [0.5, 0.6) is 5.75 Å². The zero-order chi connectivity index (χ0) is 36.4. The predicted molar refractivity (Wildman–Crippen MR) is 217 cm³/mol. The van der Waals surface area contributed by atoms with Gasteiger partial charge in [-0.05, 0) is 90.2 Å². The lowest BCUT2D eigenvalue weighted by Crippen LogP contribution is -2.55. The summed E-state index contributed by atoms with van der Waals surface area (Å²) in [5.41, 5.74) is 6.39. The first-order chi connectivity index (χ1) is 26.1. The highest BCUT2D eigenvalue weighted by Gasteiger charge is 2.44. The molecular formula is C48H54N2O3. The van der Waals surface area contributed by atoms with Crippen LogP contribution in [0.4, 0.5) is 0 Å². The van der Waals surface area contributed by atoms with Gasteiger partial charge in [-0.25, -0.2) is 4.79 Å². The number of rotatable bonds is 17. The molecule has 0 saturated carbocycles. The van der Waals surface area contributed by atoms with Gasteiger partial charge in [0.2, 0.25) is 0 Å². The summed E-state index contributed by atoms with van der Waals surface area (Å²) in [5, 5.41) is 1.02. The van der Waals surface area contributed by atoms with Gasteiger partial charge in [0.05, 0.1) is 23.7 Å². The van der Waals surface area contributed by atoms with E-state index in [2.05, 4.69) is 78.0 Å². The largest absolute Gasteiger partial charge is 0.494 e. The third-order valence-electron chi connectivity index (χ3n) is 11.5. The molecule has 0 spiro atoms. The number of hydrogen-bond donors (Lipinski definition) is 0. The highest BCUT2D eigenvalue weighted by Crippen LogP contribution is 2.44. The summed E-state index contributed by atoms with van der Waals surface area (Å²) in [6, 6.07) is 34.8. The Bertz CT molecular complexity index is 1970. The third kappa shape index (κ3) is 8.57.